The summed E-state index contributed by atoms with van der Waals surface area (Å²) in [5.41, 5.74) is 5.81. The fourth-order valence-corrected chi connectivity index (χ4v) is 11.4. The summed E-state index contributed by atoms with van der Waals surface area (Å²) in [5.74, 6) is 0. The number of pyridine rings is 1. The third-order valence-corrected chi connectivity index (χ3v) is 12.7. The van der Waals surface area contributed by atoms with Gasteiger partial charge in [-0.2, -0.15) is 5.26 Å². The van der Waals surface area contributed by atoms with Crippen LogP contribution >= 0.6 is 0 Å². The number of anilines is 3. The normalized spacial score (nSPS) is 13.1. The lowest BCUT2D eigenvalue weighted by Crippen LogP contribution is -2.77. The van der Waals surface area contributed by atoms with Crippen LogP contribution in [0.3, 0.4) is 0 Å². The first-order chi connectivity index (χ1) is 19.8. The van der Waals surface area contributed by atoms with Gasteiger partial charge in [-0.15, -0.1) is 0 Å². The van der Waals surface area contributed by atoms with Crippen molar-refractivity contribution in [2.24, 2.45) is 0 Å². The van der Waals surface area contributed by atoms with Crippen molar-refractivity contribution in [1.29, 1.82) is 5.26 Å². The van der Waals surface area contributed by atoms with Crippen LogP contribution in [0.1, 0.15) is 5.56 Å². The van der Waals surface area contributed by atoms with E-state index in [4.69, 9.17) is 0 Å². The zero-order valence-electron chi connectivity index (χ0n) is 21.8. The fourth-order valence-electron chi connectivity index (χ4n) is 6.29. The predicted molar refractivity (Wildman–Crippen MR) is 166 cm³/mol. The van der Waals surface area contributed by atoms with Gasteiger partial charge in [-0.1, -0.05) is 115 Å². The monoisotopic (exact) mass is 527 g/mol. The minimum absolute atomic E-state index is 0.561. The Bertz CT molecular complexity index is 1790. The number of nitrogens with zero attached hydrogens (tertiary/aromatic N) is 3. The first-order valence-electron chi connectivity index (χ1n) is 13.4. The lowest BCUT2D eigenvalue weighted by Gasteiger charge is -2.45. The number of nitriles is 1. The van der Waals surface area contributed by atoms with Crippen LogP contribution in [0.15, 0.2) is 152 Å². The zero-order valence-corrected chi connectivity index (χ0v) is 22.8. The maximum atomic E-state index is 9.92. The molecule has 188 valence electrons. The van der Waals surface area contributed by atoms with Crippen LogP contribution in [-0.4, -0.2) is 13.1 Å². The van der Waals surface area contributed by atoms with Crippen LogP contribution < -0.4 is 25.6 Å². The molecule has 0 bridgehead atoms. The van der Waals surface area contributed by atoms with Crippen LogP contribution in [0.4, 0.5) is 17.1 Å². The molecule has 0 fully saturated rings. The number of para-hydroxylation sites is 3. The predicted octanol–water partition coefficient (Wildman–Crippen LogP) is 5.78. The van der Waals surface area contributed by atoms with Crippen LogP contribution in [0.2, 0.25) is 0 Å². The van der Waals surface area contributed by atoms with Crippen molar-refractivity contribution in [2.75, 3.05) is 4.90 Å². The lowest BCUT2D eigenvalue weighted by molar-refractivity contribution is 1.27. The maximum absolute atomic E-state index is 9.92. The van der Waals surface area contributed by atoms with E-state index in [1.165, 1.54) is 32.1 Å². The topological polar surface area (TPSA) is 39.9 Å². The Labute approximate surface area is 235 Å². The molecule has 0 atom stereocenters. The molecule has 6 aromatic rings. The molecule has 1 aromatic heterocycles. The highest BCUT2D eigenvalue weighted by molar-refractivity contribution is 7.21. The Morgan fingerprint density at radius 2 is 1.02 bits per heavy atom. The highest BCUT2D eigenvalue weighted by Gasteiger charge is 2.48. The Balaban J connectivity index is 1.59. The van der Waals surface area contributed by atoms with E-state index in [-0.39, 0.29) is 0 Å². The fraction of sp³-hybridized carbons (Fsp3) is 0. The number of hydrogen-bond donors (Lipinski definition) is 0. The quantitative estimate of drug-likeness (QED) is 0.273. The van der Waals surface area contributed by atoms with Gasteiger partial charge in [0.15, 0.2) is 8.07 Å². The minimum Gasteiger partial charge on any atom is -0.310 e. The Morgan fingerprint density at radius 1 is 0.525 bits per heavy atom. The van der Waals surface area contributed by atoms with E-state index in [0.29, 0.717) is 5.56 Å². The van der Waals surface area contributed by atoms with Crippen molar-refractivity contribution in [3.05, 3.63) is 157 Å². The van der Waals surface area contributed by atoms with E-state index in [0.717, 1.165) is 16.8 Å². The summed E-state index contributed by atoms with van der Waals surface area (Å²) in [6.07, 6.45) is 3.40. The van der Waals surface area contributed by atoms with Crippen molar-refractivity contribution < 1.29 is 0 Å². The van der Waals surface area contributed by atoms with Gasteiger partial charge >= 0.3 is 0 Å². The molecule has 0 radical (unpaired) electrons. The number of benzene rings is 5. The average molecular weight is 528 g/mol. The molecule has 2 heterocycles. The van der Waals surface area contributed by atoms with E-state index in [1.807, 2.05) is 12.1 Å². The van der Waals surface area contributed by atoms with Crippen molar-refractivity contribution in [3.63, 3.8) is 0 Å². The van der Waals surface area contributed by atoms with Gasteiger partial charge in [0, 0.05) is 34.9 Å². The zero-order chi connectivity index (χ0) is 26.9. The Morgan fingerprint density at radius 3 is 1.60 bits per heavy atom. The standard InChI is InChI=1S/C36H25N3Si/c37-25-27-26-38-24-23-30(27)31-17-7-8-18-32(31)39-33-19-9-11-21-35(33)40(28-13-3-1-4-14-28,29-15-5-2-6-16-29)36-22-12-10-20-34(36)39/h1-24,26H. The summed E-state index contributed by atoms with van der Waals surface area (Å²) < 4.78 is 0. The van der Waals surface area contributed by atoms with Gasteiger partial charge in [0.05, 0.1) is 11.3 Å². The Kier molecular flexibility index (Phi) is 5.85. The first kappa shape index (κ1) is 23.8. The molecule has 1 aliphatic rings. The SMILES string of the molecule is N#Cc1cnccc1-c1ccccc1N1c2ccccc2[Si](c2ccccc2)(c2ccccc2)c2ccccc21. The molecule has 7 rings (SSSR count). The molecular weight excluding hydrogens is 503 g/mol. The number of hydrogen-bond acceptors (Lipinski definition) is 3. The van der Waals surface area contributed by atoms with Crippen LogP contribution in [-0.2, 0) is 0 Å². The lowest BCUT2D eigenvalue weighted by atomic mass is 9.99. The minimum atomic E-state index is -2.67. The second-order valence-corrected chi connectivity index (χ2v) is 13.6. The van der Waals surface area contributed by atoms with Crippen molar-refractivity contribution >= 4 is 45.9 Å². The molecule has 0 unspecified atom stereocenters. The molecule has 0 N–H and O–H groups in total. The van der Waals surface area contributed by atoms with Gasteiger partial charge in [-0.25, -0.2) is 0 Å². The third-order valence-electron chi connectivity index (χ3n) is 7.89. The van der Waals surface area contributed by atoms with Crippen LogP contribution in [0.5, 0.6) is 0 Å². The molecule has 40 heavy (non-hydrogen) atoms. The van der Waals surface area contributed by atoms with E-state index in [2.05, 4.69) is 143 Å². The highest BCUT2D eigenvalue weighted by atomic mass is 28.3. The Hall–Kier alpha value is -5.24. The molecule has 4 heteroatoms. The molecule has 1 aliphatic heterocycles. The second-order valence-electron chi connectivity index (χ2n) is 9.90. The van der Waals surface area contributed by atoms with Crippen molar-refractivity contribution in [3.8, 4) is 17.2 Å². The van der Waals surface area contributed by atoms with E-state index in [1.54, 1.807) is 12.4 Å². The first-order valence-corrected chi connectivity index (χ1v) is 15.4. The van der Waals surface area contributed by atoms with Gasteiger partial charge in [-0.05, 0) is 45.0 Å². The van der Waals surface area contributed by atoms with Gasteiger partial charge < -0.3 is 4.90 Å². The summed E-state index contributed by atoms with van der Waals surface area (Å²) in [7, 11) is -2.67. The van der Waals surface area contributed by atoms with Gasteiger partial charge in [0.25, 0.3) is 0 Å². The van der Waals surface area contributed by atoms with E-state index < -0.39 is 8.07 Å². The summed E-state index contributed by atoms with van der Waals surface area (Å²) in [6, 6.07) is 52.4. The molecule has 0 saturated heterocycles. The molecular formula is C36H25N3Si. The molecule has 0 amide bonds. The second kappa shape index (κ2) is 9.81. The van der Waals surface area contributed by atoms with Gasteiger partial charge in [0.1, 0.15) is 6.07 Å². The summed E-state index contributed by atoms with van der Waals surface area (Å²) in [6.45, 7) is 0. The summed E-state index contributed by atoms with van der Waals surface area (Å²) in [4.78, 5) is 6.60. The summed E-state index contributed by atoms with van der Waals surface area (Å²) in [5, 5.41) is 15.3. The molecule has 5 aromatic carbocycles. The van der Waals surface area contributed by atoms with Crippen molar-refractivity contribution in [1.82, 2.24) is 4.98 Å². The summed E-state index contributed by atoms with van der Waals surface area (Å²) >= 11 is 0. The number of aromatic nitrogens is 1. The van der Waals surface area contributed by atoms with Crippen LogP contribution in [0, 0.1) is 11.3 Å². The van der Waals surface area contributed by atoms with Crippen molar-refractivity contribution in [2.45, 2.75) is 0 Å². The smallest absolute Gasteiger partial charge is 0.184 e. The molecule has 3 nitrogen and oxygen atoms in total. The average Bonchev–Trinajstić information content (AvgIpc) is 3.04. The number of rotatable bonds is 4. The van der Waals surface area contributed by atoms with Crippen LogP contribution in [0.25, 0.3) is 11.1 Å². The van der Waals surface area contributed by atoms with Gasteiger partial charge in [0.2, 0.25) is 0 Å². The van der Waals surface area contributed by atoms with Gasteiger partial charge in [-0.3, -0.25) is 4.98 Å². The van der Waals surface area contributed by atoms with E-state index >= 15 is 0 Å². The van der Waals surface area contributed by atoms with E-state index in [9.17, 15) is 5.26 Å². The third kappa shape index (κ3) is 3.53. The molecule has 0 aliphatic carbocycles. The largest absolute Gasteiger partial charge is 0.310 e. The highest BCUT2D eigenvalue weighted by Crippen LogP contribution is 2.43. The maximum Gasteiger partial charge on any atom is 0.184 e. The molecule has 0 spiro atoms. The molecule has 0 saturated carbocycles. The number of fused-ring (bicyclic) bond motifs is 2.